The van der Waals surface area contributed by atoms with Crippen LogP contribution in [-0.2, 0) is 0 Å². The molecule has 0 spiro atoms. The van der Waals surface area contributed by atoms with Gasteiger partial charge in [0.2, 0.25) is 0 Å². The topological polar surface area (TPSA) is 98.7 Å². The van der Waals surface area contributed by atoms with Crippen LogP contribution in [0.4, 0.5) is 5.82 Å². The highest BCUT2D eigenvalue weighted by Gasteiger charge is 2.34. The number of nitrogens with zero attached hydrogens (tertiary/aromatic N) is 4. The van der Waals surface area contributed by atoms with Crippen LogP contribution in [-0.4, -0.2) is 74.0 Å². The Labute approximate surface area is 219 Å². The second-order valence-corrected chi connectivity index (χ2v) is 11.6. The molecule has 1 aliphatic rings. The quantitative estimate of drug-likeness (QED) is 0.515. The molecule has 3 atom stereocenters. The normalized spacial score (nSPS) is 18.0. The van der Waals surface area contributed by atoms with Gasteiger partial charge in [-0.05, 0) is 78.9 Å². The lowest BCUT2D eigenvalue weighted by atomic mass is 9.99. The molecule has 2 amide bonds. The Bertz CT molecular complexity index is 1090. The monoisotopic (exact) mass is 515 g/mol. The third kappa shape index (κ3) is 6.06. The number of aliphatic hydroxyl groups is 1. The first-order valence-corrected chi connectivity index (χ1v) is 13.7. The predicted molar refractivity (Wildman–Crippen MR) is 146 cm³/mol. The lowest BCUT2D eigenvalue weighted by molar-refractivity contribution is 0.000532. The van der Waals surface area contributed by atoms with Crippen LogP contribution in [0, 0.1) is 6.92 Å². The molecular weight excluding hydrogens is 474 g/mol. The first-order valence-electron chi connectivity index (χ1n) is 12.9. The van der Waals surface area contributed by atoms with E-state index < -0.39 is 11.6 Å². The molecule has 3 rings (SSSR count). The van der Waals surface area contributed by atoms with Crippen LogP contribution in [0.15, 0.2) is 12.3 Å². The number of aromatic nitrogens is 2. The Morgan fingerprint density at radius 1 is 1.33 bits per heavy atom. The highest BCUT2D eigenvalue weighted by molar-refractivity contribution is 7.17. The van der Waals surface area contributed by atoms with Gasteiger partial charge in [-0.25, -0.2) is 9.97 Å². The Balaban J connectivity index is 2.06. The van der Waals surface area contributed by atoms with E-state index in [0.29, 0.717) is 23.2 Å². The fraction of sp³-hybridized carbons (Fsp3) is 0.630. The number of pyridine rings is 1. The fourth-order valence-electron chi connectivity index (χ4n) is 4.30. The summed E-state index contributed by atoms with van der Waals surface area (Å²) in [6, 6.07) is 1.96. The van der Waals surface area contributed by atoms with Gasteiger partial charge in [-0.15, -0.1) is 11.3 Å². The first-order chi connectivity index (χ1) is 16.8. The van der Waals surface area contributed by atoms with Crippen LogP contribution >= 0.6 is 11.3 Å². The van der Waals surface area contributed by atoms with Crippen molar-refractivity contribution in [2.75, 3.05) is 18.9 Å². The summed E-state index contributed by atoms with van der Waals surface area (Å²) >= 11 is 1.22. The van der Waals surface area contributed by atoms with E-state index in [1.165, 1.54) is 16.2 Å². The lowest BCUT2D eigenvalue weighted by Gasteiger charge is -2.33. The summed E-state index contributed by atoms with van der Waals surface area (Å²) in [6.45, 7) is 14.1. The summed E-state index contributed by atoms with van der Waals surface area (Å²) < 4.78 is 0. The molecule has 0 saturated carbocycles. The molecule has 0 aromatic carbocycles. The number of thiazole rings is 1. The van der Waals surface area contributed by atoms with Crippen molar-refractivity contribution in [1.29, 1.82) is 0 Å². The minimum atomic E-state index is -1.08. The van der Waals surface area contributed by atoms with E-state index in [2.05, 4.69) is 36.1 Å². The van der Waals surface area contributed by atoms with Crippen molar-refractivity contribution in [2.24, 2.45) is 0 Å². The van der Waals surface area contributed by atoms with Gasteiger partial charge in [0.25, 0.3) is 11.8 Å². The third-order valence-corrected chi connectivity index (χ3v) is 8.44. The van der Waals surface area contributed by atoms with Gasteiger partial charge < -0.3 is 20.2 Å². The average molecular weight is 516 g/mol. The highest BCUT2D eigenvalue weighted by Crippen LogP contribution is 2.35. The number of carbonyl (C=O) groups is 2. The second-order valence-electron chi connectivity index (χ2n) is 10.6. The van der Waals surface area contributed by atoms with E-state index in [4.69, 9.17) is 0 Å². The standard InChI is InChI=1S/C27H41N5O3S/c1-9-17(3)29-21-14-16(2)20(15-28-21)23-22(25(33)32-13-11-10-12-18(32)4)30-24(36-23)26(34)31(8)19(5)27(6,7)35/h14-15,17-19,35H,9-13H2,1-8H3,(H,28,29)/t17-,18+,19?/m1/s1. The Kier molecular flexibility index (Phi) is 8.77. The average Bonchev–Trinajstić information content (AvgIpc) is 3.27. The molecule has 1 aliphatic heterocycles. The van der Waals surface area contributed by atoms with Crippen molar-refractivity contribution in [1.82, 2.24) is 19.8 Å². The molecule has 198 valence electrons. The van der Waals surface area contributed by atoms with Gasteiger partial charge in [0.1, 0.15) is 11.5 Å². The molecule has 1 fully saturated rings. The van der Waals surface area contributed by atoms with E-state index in [9.17, 15) is 14.7 Å². The summed E-state index contributed by atoms with van der Waals surface area (Å²) in [6.07, 6.45) is 5.77. The van der Waals surface area contributed by atoms with E-state index >= 15 is 0 Å². The number of hydrogen-bond donors (Lipinski definition) is 2. The van der Waals surface area contributed by atoms with E-state index in [-0.39, 0.29) is 22.9 Å². The molecule has 0 radical (unpaired) electrons. The number of likely N-dealkylation sites (N-methyl/N-ethyl adjacent to an activating group) is 1. The van der Waals surface area contributed by atoms with Gasteiger partial charge in [-0.3, -0.25) is 9.59 Å². The van der Waals surface area contributed by atoms with Crippen molar-refractivity contribution < 1.29 is 14.7 Å². The predicted octanol–water partition coefficient (Wildman–Crippen LogP) is 4.97. The van der Waals surface area contributed by atoms with Crippen LogP contribution in [0.2, 0.25) is 0 Å². The summed E-state index contributed by atoms with van der Waals surface area (Å²) in [5.41, 5.74) is 0.976. The van der Waals surface area contributed by atoms with Crippen LogP contribution in [0.1, 0.15) is 93.1 Å². The van der Waals surface area contributed by atoms with Crippen LogP contribution in [0.3, 0.4) is 0 Å². The van der Waals surface area contributed by atoms with Gasteiger partial charge in [-0.1, -0.05) is 6.92 Å². The second kappa shape index (κ2) is 11.3. The Morgan fingerprint density at radius 2 is 2.03 bits per heavy atom. The van der Waals surface area contributed by atoms with Gasteiger partial charge in [0, 0.05) is 37.4 Å². The third-order valence-electron chi connectivity index (χ3n) is 7.36. The molecule has 0 aliphatic carbocycles. The molecule has 0 bridgehead atoms. The molecule has 2 N–H and O–H groups in total. The molecule has 3 heterocycles. The maximum Gasteiger partial charge on any atom is 0.282 e. The number of likely N-dealkylation sites (tertiary alicyclic amines) is 1. The molecular formula is C27H41N5O3S. The van der Waals surface area contributed by atoms with Crippen molar-refractivity contribution >= 4 is 29.0 Å². The smallest absolute Gasteiger partial charge is 0.282 e. The zero-order valence-corrected chi connectivity index (χ0v) is 23.7. The maximum atomic E-state index is 13.7. The number of nitrogens with one attached hydrogen (secondary N) is 1. The summed E-state index contributed by atoms with van der Waals surface area (Å²) in [5, 5.41) is 14.1. The van der Waals surface area contributed by atoms with Crippen molar-refractivity contribution in [2.45, 2.75) is 97.9 Å². The zero-order valence-electron chi connectivity index (χ0n) is 22.9. The molecule has 2 aromatic heterocycles. The molecule has 2 aromatic rings. The van der Waals surface area contributed by atoms with Crippen molar-refractivity contribution in [3.63, 3.8) is 0 Å². The van der Waals surface area contributed by atoms with Crippen LogP contribution in [0.25, 0.3) is 10.4 Å². The van der Waals surface area contributed by atoms with Crippen LogP contribution < -0.4 is 5.32 Å². The Morgan fingerprint density at radius 3 is 2.61 bits per heavy atom. The van der Waals surface area contributed by atoms with Crippen LogP contribution in [0.5, 0.6) is 0 Å². The number of anilines is 1. The largest absolute Gasteiger partial charge is 0.388 e. The maximum absolute atomic E-state index is 13.7. The minimum absolute atomic E-state index is 0.124. The molecule has 1 unspecified atom stereocenters. The molecule has 8 nitrogen and oxygen atoms in total. The highest BCUT2D eigenvalue weighted by atomic mass is 32.1. The first kappa shape index (κ1) is 28.1. The fourth-order valence-corrected chi connectivity index (χ4v) is 5.42. The SMILES string of the molecule is CC[C@@H](C)Nc1cc(C)c(-c2sc(C(=O)N(C)C(C)C(C)(C)O)nc2C(=O)N2CCCC[C@@H]2C)cn1. The molecule has 9 heteroatoms. The molecule has 1 saturated heterocycles. The summed E-state index contributed by atoms with van der Waals surface area (Å²) in [7, 11) is 1.66. The van der Waals surface area contributed by atoms with Crippen molar-refractivity contribution in [3.05, 3.63) is 28.5 Å². The molecule has 36 heavy (non-hydrogen) atoms. The van der Waals surface area contributed by atoms with E-state index in [0.717, 1.165) is 42.6 Å². The van der Waals surface area contributed by atoms with E-state index in [1.807, 2.05) is 17.9 Å². The number of carbonyl (C=O) groups excluding carboxylic acids is 2. The number of hydrogen-bond acceptors (Lipinski definition) is 7. The Hall–Kier alpha value is -2.52. The minimum Gasteiger partial charge on any atom is -0.388 e. The van der Waals surface area contributed by atoms with E-state index in [1.54, 1.807) is 34.0 Å². The van der Waals surface area contributed by atoms with Gasteiger partial charge in [-0.2, -0.15) is 0 Å². The summed E-state index contributed by atoms with van der Waals surface area (Å²) in [4.78, 5) is 40.4. The number of aryl methyl sites for hydroxylation is 1. The zero-order chi connectivity index (χ0) is 26.8. The van der Waals surface area contributed by atoms with Gasteiger partial charge in [0.05, 0.1) is 16.5 Å². The van der Waals surface area contributed by atoms with Gasteiger partial charge in [0.15, 0.2) is 5.01 Å². The summed E-state index contributed by atoms with van der Waals surface area (Å²) in [5.74, 6) is 0.317. The lowest BCUT2D eigenvalue weighted by Crippen LogP contribution is -2.48. The van der Waals surface area contributed by atoms with Crippen molar-refractivity contribution in [3.8, 4) is 10.4 Å². The van der Waals surface area contributed by atoms with Gasteiger partial charge >= 0.3 is 0 Å². The number of amides is 2. The number of piperidine rings is 1. The number of rotatable bonds is 8.